The molecule has 0 aliphatic carbocycles. The Balaban J connectivity index is 0.000000215. The maximum atomic E-state index is 12.1. The molecular weight excluding hydrogens is 1560 g/mol. The van der Waals surface area contributed by atoms with E-state index in [2.05, 4.69) is 193 Å². The Kier molecular flexibility index (Phi) is 38.3. The molecule has 27 heteroatoms. The zero-order valence-corrected chi connectivity index (χ0v) is 75.3. The zero-order chi connectivity index (χ0) is 84.6. The van der Waals surface area contributed by atoms with Crippen LogP contribution in [0.2, 0.25) is 0 Å². The Hall–Kier alpha value is -8.22. The molecule has 11 rings (SSSR count). The van der Waals surface area contributed by atoms with Crippen LogP contribution >= 0.6 is 68.0 Å². The van der Waals surface area contributed by atoms with E-state index in [1.54, 1.807) is 93.7 Å². The van der Waals surface area contributed by atoms with Gasteiger partial charge in [0, 0.05) is 126 Å². The number of aliphatic carboxylic acids is 1. The molecule has 0 spiro atoms. The number of rotatable bonds is 22. The third-order valence-corrected chi connectivity index (χ3v) is 26.5. The second-order valence-corrected chi connectivity index (χ2v) is 40.2. The van der Waals surface area contributed by atoms with Crippen molar-refractivity contribution in [2.24, 2.45) is 0 Å². The molecule has 115 heavy (non-hydrogen) atoms. The molecule has 0 saturated carbocycles. The van der Waals surface area contributed by atoms with Crippen molar-refractivity contribution in [2.75, 3.05) is 85.3 Å². The fourth-order valence-corrected chi connectivity index (χ4v) is 16.4. The maximum absolute atomic E-state index is 12.1. The highest BCUT2D eigenvalue weighted by Crippen LogP contribution is 2.35. The first-order valence-electron chi connectivity index (χ1n) is 38.9. The third-order valence-electron chi connectivity index (χ3n) is 17.4. The van der Waals surface area contributed by atoms with Gasteiger partial charge in [-0.3, -0.25) is 58.3 Å². The van der Waals surface area contributed by atoms with E-state index in [-0.39, 0.29) is 80.9 Å². The summed E-state index contributed by atoms with van der Waals surface area (Å²) >= 11 is 9.30. The number of aromatic nitrogens is 3. The molecule has 0 aromatic carbocycles. The van der Waals surface area contributed by atoms with Gasteiger partial charge >= 0.3 is 5.97 Å². The average molecular weight is 1690 g/mol. The minimum Gasteiger partial charge on any atom is -0.481 e. The van der Waals surface area contributed by atoms with Crippen LogP contribution in [0.4, 0.5) is 0 Å². The number of ether oxygens (including phenoxy) is 2. The highest BCUT2D eigenvalue weighted by Gasteiger charge is 2.25. The van der Waals surface area contributed by atoms with Crippen LogP contribution in [0.1, 0.15) is 242 Å². The highest BCUT2D eigenvalue weighted by atomic mass is 32.1. The highest BCUT2D eigenvalue weighted by molar-refractivity contribution is 7.16. The monoisotopic (exact) mass is 1680 g/mol. The van der Waals surface area contributed by atoms with E-state index in [1.807, 2.05) is 97.1 Å². The van der Waals surface area contributed by atoms with Crippen molar-refractivity contribution >= 4 is 109 Å². The normalized spacial score (nSPS) is 13.3. The molecule has 2 aliphatic heterocycles. The Labute approximate surface area is 705 Å². The van der Waals surface area contributed by atoms with Crippen molar-refractivity contribution in [2.45, 2.75) is 190 Å². The minimum atomic E-state index is -0.910. The number of hydrogen-bond acceptors (Lipinski definition) is 20. The summed E-state index contributed by atoms with van der Waals surface area (Å²) in [4.78, 5) is 111. The lowest BCUT2D eigenvalue weighted by molar-refractivity contribution is -0.136. The van der Waals surface area contributed by atoms with Gasteiger partial charge in [-0.2, -0.15) is 0 Å². The number of thiophene rings is 6. The maximum Gasteiger partial charge on any atom is 0.305 e. The van der Waals surface area contributed by atoms with Crippen molar-refractivity contribution < 1.29 is 48.1 Å². The van der Waals surface area contributed by atoms with E-state index in [4.69, 9.17) is 14.6 Å². The quantitative estimate of drug-likeness (QED) is 0.0311. The zero-order valence-electron chi connectivity index (χ0n) is 70.4. The van der Waals surface area contributed by atoms with E-state index in [9.17, 15) is 33.6 Å². The molecule has 0 bridgehead atoms. The number of carbonyl (C=O) groups is 7. The summed E-state index contributed by atoms with van der Waals surface area (Å²) in [6.45, 7) is 50.8. The Morgan fingerprint density at radius 3 is 1.03 bits per heavy atom. The number of amides is 6. The summed E-state index contributed by atoms with van der Waals surface area (Å²) < 4.78 is 10.6. The summed E-state index contributed by atoms with van der Waals surface area (Å²) in [5.41, 5.74) is 3.44. The number of carboxylic acid groups (broad SMARTS) is 1. The second kappa shape index (κ2) is 46.1. The molecule has 2 fully saturated rings. The predicted molar refractivity (Wildman–Crippen MR) is 473 cm³/mol. The van der Waals surface area contributed by atoms with Crippen molar-refractivity contribution in [3.05, 3.63) is 222 Å². The Bertz CT molecular complexity index is 4190. The third kappa shape index (κ3) is 35.2. The van der Waals surface area contributed by atoms with E-state index in [0.717, 1.165) is 125 Å². The Morgan fingerprint density at radius 2 is 0.696 bits per heavy atom. The molecule has 9 aromatic rings. The smallest absolute Gasteiger partial charge is 0.305 e. The topological polar surface area (TPSA) is 276 Å². The molecule has 0 radical (unpaired) electrons. The van der Waals surface area contributed by atoms with Gasteiger partial charge in [0.2, 0.25) is 0 Å². The molecule has 7 N–H and O–H groups in total. The summed E-state index contributed by atoms with van der Waals surface area (Å²) in [6, 6.07) is 36.8. The number of carboxylic acids is 1. The van der Waals surface area contributed by atoms with Gasteiger partial charge in [-0.15, -0.1) is 68.0 Å². The number of hydrogen-bond donors (Lipinski definition) is 7. The standard InChI is InChI=1S/C16H26N2O2S.C15H24N2O2S.3C15H18N2OS.C12H17NO3S/c1-16(2,3)14-6-5-13(21-14)15(19)17-7-4-8-18-9-11-20-12-10-18;1-15(2,3)13-5-4-12(20-13)14(18)16-6-7-17-8-10-19-11-9-17;1-15(2,3)13-5-4-12(19-13)14(18)17-10-11-6-8-16-9-7-11;1-15(2,3)13-7-6-12(19-13)14(18)17-10-11-5-4-8-16-9-11;1-15(2,3)13-8-7-12(19-13)14(18)17-10-11-6-4-5-9-16-11;1-12(2,3)9-5-4-8(17-9)11(16)13-7-6-10(14)15/h5-6H,4,7-12H2,1-3H3,(H,17,19);4-5H,6-11H2,1-3H3,(H,16,18);3*4-9H,10H2,1-3H3,(H,17,18);4-5H,6-7H2,1-3H3,(H,13,16)(H,14,15). The molecule has 21 nitrogen and oxygen atoms in total. The van der Waals surface area contributed by atoms with E-state index in [0.29, 0.717) is 31.1 Å². The first-order chi connectivity index (χ1) is 54.1. The summed E-state index contributed by atoms with van der Waals surface area (Å²) in [5.74, 6) is -1.09. The van der Waals surface area contributed by atoms with E-state index < -0.39 is 5.97 Å². The van der Waals surface area contributed by atoms with E-state index >= 15 is 0 Å². The van der Waals surface area contributed by atoms with Gasteiger partial charge < -0.3 is 46.5 Å². The number of carbonyl (C=O) groups excluding carboxylic acids is 6. The lowest BCUT2D eigenvalue weighted by Crippen LogP contribution is -2.41. The lowest BCUT2D eigenvalue weighted by atomic mass is 9.95. The van der Waals surface area contributed by atoms with Crippen LogP contribution in [0.3, 0.4) is 0 Å². The first kappa shape index (κ1) is 95.6. The molecule has 11 heterocycles. The summed E-state index contributed by atoms with van der Waals surface area (Å²) in [6.07, 6.45) is 9.60. The fraction of sp³-hybridized carbons (Fsp3) is 0.477. The minimum absolute atomic E-state index is 0.0164. The molecule has 9 aromatic heterocycles. The van der Waals surface area contributed by atoms with Crippen molar-refractivity contribution in [1.29, 1.82) is 0 Å². The van der Waals surface area contributed by atoms with Gasteiger partial charge in [0.25, 0.3) is 35.4 Å². The SMILES string of the molecule is CC(C)(C)c1ccc(C(=O)NCCC(=O)O)s1.CC(C)(C)c1ccc(C(=O)NCCCN2CCOCC2)s1.CC(C)(C)c1ccc(C(=O)NCCN2CCOCC2)s1.CC(C)(C)c1ccc(C(=O)NCc2ccccn2)s1.CC(C)(C)c1ccc(C(=O)NCc2cccnc2)s1.CC(C)(C)c1ccc(C(=O)NCc2ccncc2)s1. The summed E-state index contributed by atoms with van der Waals surface area (Å²) in [5, 5.41) is 25.8. The molecule has 6 amide bonds. The lowest BCUT2D eigenvalue weighted by Gasteiger charge is -2.26. The average Bonchev–Trinajstić information content (AvgIpc) is 1.74. The van der Waals surface area contributed by atoms with Crippen LogP contribution in [-0.2, 0) is 66.4 Å². The van der Waals surface area contributed by atoms with Crippen LogP contribution in [0, 0.1) is 0 Å². The van der Waals surface area contributed by atoms with Gasteiger partial charge in [0.1, 0.15) is 0 Å². The van der Waals surface area contributed by atoms with E-state index in [1.165, 1.54) is 35.7 Å². The molecule has 0 unspecified atom stereocenters. The predicted octanol–water partition coefficient (Wildman–Crippen LogP) is 17.0. The van der Waals surface area contributed by atoms with Gasteiger partial charge in [-0.05, 0) is 160 Å². The van der Waals surface area contributed by atoms with Crippen LogP contribution in [0.15, 0.2) is 146 Å². The molecule has 624 valence electrons. The van der Waals surface area contributed by atoms with Gasteiger partial charge in [0.15, 0.2) is 0 Å². The fourth-order valence-electron chi connectivity index (χ4n) is 10.5. The molecule has 2 aliphatic rings. The molecular formula is C88H121N11O10S6. The van der Waals surface area contributed by atoms with Crippen molar-refractivity contribution in [3.8, 4) is 0 Å². The Morgan fingerprint density at radius 1 is 0.357 bits per heavy atom. The summed E-state index contributed by atoms with van der Waals surface area (Å²) in [7, 11) is 0. The number of nitrogens with zero attached hydrogens (tertiary/aromatic N) is 5. The molecule has 0 atom stereocenters. The van der Waals surface area contributed by atoms with Gasteiger partial charge in [0.05, 0.1) is 74.3 Å². The van der Waals surface area contributed by atoms with Gasteiger partial charge in [-0.1, -0.05) is 137 Å². The van der Waals surface area contributed by atoms with Crippen LogP contribution in [-0.4, -0.2) is 157 Å². The van der Waals surface area contributed by atoms with Crippen molar-refractivity contribution in [3.63, 3.8) is 0 Å². The van der Waals surface area contributed by atoms with Crippen LogP contribution < -0.4 is 31.9 Å². The van der Waals surface area contributed by atoms with Crippen molar-refractivity contribution in [1.82, 2.24) is 56.7 Å². The number of pyridine rings is 3. The number of morpholine rings is 2. The largest absolute Gasteiger partial charge is 0.481 e. The van der Waals surface area contributed by atoms with Gasteiger partial charge in [-0.25, -0.2) is 0 Å². The second-order valence-electron chi connectivity index (χ2n) is 33.7. The van der Waals surface area contributed by atoms with Crippen LogP contribution in [0.5, 0.6) is 0 Å². The first-order valence-corrected chi connectivity index (χ1v) is 43.8. The molecule has 2 saturated heterocycles. The number of nitrogens with one attached hydrogen (secondary N) is 6. The van der Waals surface area contributed by atoms with Crippen LogP contribution in [0.25, 0.3) is 0 Å².